The lowest BCUT2D eigenvalue weighted by Gasteiger charge is -2.37. The van der Waals surface area contributed by atoms with Gasteiger partial charge in [0.2, 0.25) is 0 Å². The van der Waals surface area contributed by atoms with Gasteiger partial charge in [-0.25, -0.2) is 0 Å². The van der Waals surface area contributed by atoms with Crippen molar-refractivity contribution in [1.29, 1.82) is 0 Å². The van der Waals surface area contributed by atoms with Crippen LogP contribution in [0.4, 0.5) is 9.59 Å². The number of likely N-dealkylation sites (tertiary alicyclic amines) is 1. The van der Waals surface area contributed by atoms with Crippen LogP contribution in [0.2, 0.25) is 0 Å². The molecule has 0 bridgehead atoms. The number of carbonyl (C=O) groups is 3. The maximum atomic E-state index is 11.9. The van der Waals surface area contributed by atoms with E-state index in [1.807, 2.05) is 0 Å². The van der Waals surface area contributed by atoms with Crippen LogP contribution in [0.25, 0.3) is 0 Å². The number of imide groups is 1. The molecule has 0 radical (unpaired) electrons. The van der Waals surface area contributed by atoms with Crippen molar-refractivity contribution in [3.05, 3.63) is 0 Å². The lowest BCUT2D eigenvalue weighted by molar-refractivity contribution is -0.810. The number of quaternary nitrogens is 1. The molecule has 0 spiro atoms. The van der Waals surface area contributed by atoms with Crippen LogP contribution in [-0.2, 0) is 9.53 Å². The lowest BCUT2D eigenvalue weighted by atomic mass is 10.1. The van der Waals surface area contributed by atoms with Crippen molar-refractivity contribution >= 4 is 18.0 Å². The predicted molar refractivity (Wildman–Crippen MR) is 55.9 cm³/mol. The van der Waals surface area contributed by atoms with Crippen LogP contribution in [0, 0.1) is 0 Å². The summed E-state index contributed by atoms with van der Waals surface area (Å²) in [7, 11) is 0. The van der Waals surface area contributed by atoms with Crippen LogP contribution in [0.3, 0.4) is 0 Å². The van der Waals surface area contributed by atoms with Gasteiger partial charge in [0.15, 0.2) is 0 Å². The predicted octanol–water partition coefficient (Wildman–Crippen LogP) is 0.444. The van der Waals surface area contributed by atoms with E-state index < -0.39 is 22.3 Å². The molecule has 1 fully saturated rings. The van der Waals surface area contributed by atoms with Gasteiger partial charge in [-0.15, -0.1) is 0 Å². The number of rotatable bonds is 0. The first-order valence-corrected chi connectivity index (χ1v) is 5.51. The standard InChI is InChI=1S/C11H17NO5/c1-11(2,3)17-10(16)12(9(14)15)6-4-8(13)5-7-12/h4-7H2,1-3H3. The summed E-state index contributed by atoms with van der Waals surface area (Å²) < 4.78 is 4.16. The van der Waals surface area contributed by atoms with E-state index in [0.29, 0.717) is 0 Å². The fourth-order valence-electron chi connectivity index (χ4n) is 1.66. The van der Waals surface area contributed by atoms with E-state index in [4.69, 9.17) is 4.74 Å². The van der Waals surface area contributed by atoms with Crippen molar-refractivity contribution in [2.24, 2.45) is 0 Å². The van der Waals surface area contributed by atoms with Crippen molar-refractivity contribution < 1.29 is 28.7 Å². The number of amides is 2. The van der Waals surface area contributed by atoms with E-state index in [9.17, 15) is 19.5 Å². The molecule has 1 aliphatic rings. The van der Waals surface area contributed by atoms with Gasteiger partial charge in [0.05, 0.1) is 12.8 Å². The summed E-state index contributed by atoms with van der Waals surface area (Å²) in [6.07, 6.45) is -2.24. The molecule has 0 atom stereocenters. The number of hydrogen-bond acceptors (Lipinski definition) is 5. The maximum Gasteiger partial charge on any atom is 0.522 e. The summed E-state index contributed by atoms with van der Waals surface area (Å²) in [6, 6.07) is 0. The first-order chi connectivity index (χ1) is 7.67. The minimum atomic E-state index is -1.51. The zero-order chi connectivity index (χ0) is 13.3. The highest BCUT2D eigenvalue weighted by Gasteiger charge is 2.46. The molecule has 1 rings (SSSR count). The molecule has 96 valence electrons. The SMILES string of the molecule is CC(C)(C)OC(=O)[N+]1(C(=O)[O-])CCC(=O)CC1. The van der Waals surface area contributed by atoms with E-state index in [2.05, 4.69) is 0 Å². The summed E-state index contributed by atoms with van der Waals surface area (Å²) in [4.78, 5) is 34.2. The molecule has 0 unspecified atom stereocenters. The number of ether oxygens (including phenoxy) is 1. The van der Waals surface area contributed by atoms with Crippen LogP contribution in [0.5, 0.6) is 0 Å². The average molecular weight is 243 g/mol. The first kappa shape index (κ1) is 13.6. The number of nitrogens with zero attached hydrogens (tertiary/aromatic N) is 1. The molecule has 1 heterocycles. The zero-order valence-electron chi connectivity index (χ0n) is 10.3. The van der Waals surface area contributed by atoms with Gasteiger partial charge in [-0.1, -0.05) is 0 Å². The Morgan fingerprint density at radius 3 is 2.06 bits per heavy atom. The molecule has 0 aliphatic carbocycles. The second-order valence-electron chi connectivity index (χ2n) is 5.20. The van der Waals surface area contributed by atoms with Gasteiger partial charge in [-0.2, -0.15) is 9.28 Å². The third-order valence-corrected chi connectivity index (χ3v) is 2.64. The number of piperidine rings is 1. The second kappa shape index (κ2) is 4.44. The van der Waals surface area contributed by atoms with E-state index in [1.165, 1.54) is 0 Å². The molecule has 0 N–H and O–H groups in total. The minimum absolute atomic E-state index is 0.0384. The third kappa shape index (κ3) is 3.03. The summed E-state index contributed by atoms with van der Waals surface area (Å²) in [5.41, 5.74) is -0.765. The fraction of sp³-hybridized carbons (Fsp3) is 0.727. The molecule has 0 aromatic heterocycles. The molecule has 0 aromatic carbocycles. The molecular formula is C11H17NO5. The van der Waals surface area contributed by atoms with Crippen molar-refractivity contribution in [3.63, 3.8) is 0 Å². The van der Waals surface area contributed by atoms with Gasteiger partial charge in [0.1, 0.15) is 24.5 Å². The molecule has 0 saturated carbocycles. The van der Waals surface area contributed by atoms with E-state index in [1.54, 1.807) is 20.8 Å². The molecule has 1 aliphatic heterocycles. The van der Waals surface area contributed by atoms with Gasteiger partial charge in [-0.05, 0) is 20.8 Å². The largest absolute Gasteiger partial charge is 0.522 e. The van der Waals surface area contributed by atoms with E-state index >= 15 is 0 Å². The Morgan fingerprint density at radius 2 is 1.71 bits per heavy atom. The Balaban J connectivity index is 2.89. The average Bonchev–Trinajstić information content (AvgIpc) is 2.15. The van der Waals surface area contributed by atoms with Crippen molar-refractivity contribution in [3.8, 4) is 0 Å². The molecule has 0 aromatic rings. The first-order valence-electron chi connectivity index (χ1n) is 5.51. The Kier molecular flexibility index (Phi) is 3.56. The Bertz CT molecular complexity index is 345. The normalized spacial score (nSPS) is 19.8. The molecule has 17 heavy (non-hydrogen) atoms. The Morgan fingerprint density at radius 1 is 1.24 bits per heavy atom. The van der Waals surface area contributed by atoms with Crippen LogP contribution in [-0.4, -0.2) is 41.1 Å². The number of carboxylic acid groups (broad SMARTS) is 1. The zero-order valence-corrected chi connectivity index (χ0v) is 10.3. The quantitative estimate of drug-likeness (QED) is 0.576. The second-order valence-corrected chi connectivity index (χ2v) is 5.20. The van der Waals surface area contributed by atoms with Gasteiger partial charge >= 0.3 is 6.09 Å². The highest BCUT2D eigenvalue weighted by molar-refractivity contribution is 5.82. The summed E-state index contributed by atoms with van der Waals surface area (Å²) in [6.45, 7) is 4.80. The maximum absolute atomic E-state index is 11.9. The molecular weight excluding hydrogens is 226 g/mol. The molecule has 6 nitrogen and oxygen atoms in total. The lowest BCUT2D eigenvalue weighted by Crippen LogP contribution is -2.66. The Hall–Kier alpha value is -1.43. The smallest absolute Gasteiger partial charge is 0.498 e. The van der Waals surface area contributed by atoms with Crippen molar-refractivity contribution in [2.45, 2.75) is 39.2 Å². The van der Waals surface area contributed by atoms with Crippen LogP contribution in [0.1, 0.15) is 33.6 Å². The summed E-state index contributed by atoms with van der Waals surface area (Å²) in [5, 5.41) is 11.2. The van der Waals surface area contributed by atoms with Crippen LogP contribution >= 0.6 is 0 Å². The fourth-order valence-corrected chi connectivity index (χ4v) is 1.66. The van der Waals surface area contributed by atoms with Crippen LogP contribution in [0.15, 0.2) is 0 Å². The third-order valence-electron chi connectivity index (χ3n) is 2.64. The number of carbonyl (C=O) groups excluding carboxylic acids is 3. The highest BCUT2D eigenvalue weighted by atomic mass is 16.6. The van der Waals surface area contributed by atoms with E-state index in [-0.39, 0.29) is 31.7 Å². The number of hydrogen-bond donors (Lipinski definition) is 0. The number of Topliss-reactive ketones (excluding diaryl/α,β-unsaturated/α-hetero) is 1. The van der Waals surface area contributed by atoms with Crippen molar-refractivity contribution in [2.75, 3.05) is 13.1 Å². The van der Waals surface area contributed by atoms with Gasteiger partial charge in [-0.3, -0.25) is 4.79 Å². The molecule has 1 saturated heterocycles. The highest BCUT2D eigenvalue weighted by Crippen LogP contribution is 2.21. The summed E-state index contributed by atoms with van der Waals surface area (Å²) >= 11 is 0. The van der Waals surface area contributed by atoms with Gasteiger partial charge < -0.3 is 14.6 Å². The molecule has 2 amide bonds. The number of ketones is 1. The van der Waals surface area contributed by atoms with Gasteiger partial charge in [0.25, 0.3) is 6.09 Å². The Labute approximate surface area is 99.7 Å². The van der Waals surface area contributed by atoms with Crippen LogP contribution < -0.4 is 5.11 Å². The topological polar surface area (TPSA) is 83.5 Å². The minimum Gasteiger partial charge on any atom is -0.498 e. The monoisotopic (exact) mass is 243 g/mol. The van der Waals surface area contributed by atoms with Crippen molar-refractivity contribution in [1.82, 2.24) is 0 Å². The van der Waals surface area contributed by atoms with E-state index in [0.717, 1.165) is 0 Å². The summed E-state index contributed by atoms with van der Waals surface area (Å²) in [5.74, 6) is -0.0384. The van der Waals surface area contributed by atoms with Gasteiger partial charge in [0, 0.05) is 0 Å². The molecule has 6 heteroatoms.